The number of carbonyl (C=O) groups is 2. The van der Waals surface area contributed by atoms with Gasteiger partial charge in [-0.15, -0.1) is 0 Å². The molecule has 88 valence electrons. The molecule has 8 nitrogen and oxygen atoms in total. The van der Waals surface area contributed by atoms with E-state index in [4.69, 9.17) is 31.3 Å². The monoisotopic (exact) mass is 223 g/mol. The molecule has 0 aromatic heterocycles. The van der Waals surface area contributed by atoms with Crippen molar-refractivity contribution in [2.75, 3.05) is 19.8 Å². The number of carboxylic acids is 2. The van der Waals surface area contributed by atoms with Crippen molar-refractivity contribution < 1.29 is 35.1 Å². The van der Waals surface area contributed by atoms with Crippen molar-refractivity contribution in [2.45, 2.75) is 5.54 Å². The van der Waals surface area contributed by atoms with Crippen LogP contribution in [-0.2, 0) is 9.59 Å². The molecule has 0 aliphatic rings. The highest BCUT2D eigenvalue weighted by molar-refractivity contribution is 5.90. The Hall–Kier alpha value is -1.22. The Morgan fingerprint density at radius 3 is 1.40 bits per heavy atom. The first-order chi connectivity index (χ1) is 6.82. The van der Waals surface area contributed by atoms with Gasteiger partial charge in [0, 0.05) is 0 Å². The first-order valence-electron chi connectivity index (χ1n) is 3.90. The van der Waals surface area contributed by atoms with Gasteiger partial charge in [0.2, 0.25) is 0 Å². The molecular formula is C7H13NO7. The summed E-state index contributed by atoms with van der Waals surface area (Å²) < 4.78 is 0. The summed E-state index contributed by atoms with van der Waals surface area (Å²) in [5, 5.41) is 44.0. The van der Waals surface area contributed by atoms with Gasteiger partial charge in [-0.25, -0.2) is 0 Å². The van der Waals surface area contributed by atoms with Crippen molar-refractivity contribution in [3.63, 3.8) is 0 Å². The van der Waals surface area contributed by atoms with E-state index in [0.29, 0.717) is 0 Å². The maximum atomic E-state index is 10.8. The minimum Gasteiger partial charge on any atom is -0.481 e. The van der Waals surface area contributed by atoms with Gasteiger partial charge in [0.25, 0.3) is 0 Å². The highest BCUT2D eigenvalue weighted by Crippen LogP contribution is 2.29. The van der Waals surface area contributed by atoms with Crippen molar-refractivity contribution >= 4 is 11.9 Å². The first-order valence-corrected chi connectivity index (χ1v) is 3.90. The molecule has 0 aliphatic heterocycles. The SMILES string of the molecule is N[C@](CO)(C(=O)O)C(CO)(CO)C(=O)O. The Kier molecular flexibility index (Phi) is 4.16. The topological polar surface area (TPSA) is 161 Å². The van der Waals surface area contributed by atoms with Crippen LogP contribution in [0.1, 0.15) is 0 Å². The van der Waals surface area contributed by atoms with Crippen LogP contribution < -0.4 is 5.73 Å². The molecule has 0 amide bonds. The van der Waals surface area contributed by atoms with E-state index in [2.05, 4.69) is 0 Å². The van der Waals surface area contributed by atoms with E-state index in [1.165, 1.54) is 0 Å². The van der Waals surface area contributed by atoms with Gasteiger partial charge in [0.15, 0.2) is 5.54 Å². The quantitative estimate of drug-likeness (QED) is 0.274. The third kappa shape index (κ3) is 1.79. The average Bonchev–Trinajstić information content (AvgIpc) is 2.19. The van der Waals surface area contributed by atoms with Gasteiger partial charge < -0.3 is 31.3 Å². The third-order valence-corrected chi connectivity index (χ3v) is 2.43. The van der Waals surface area contributed by atoms with Crippen LogP contribution in [0, 0.1) is 5.41 Å². The van der Waals surface area contributed by atoms with Gasteiger partial charge in [0.05, 0.1) is 19.8 Å². The van der Waals surface area contributed by atoms with Crippen LogP contribution in [0.2, 0.25) is 0 Å². The zero-order chi connectivity index (χ0) is 12.3. The zero-order valence-electron chi connectivity index (χ0n) is 7.75. The summed E-state index contributed by atoms with van der Waals surface area (Å²) in [5.41, 5.74) is 0.00632. The third-order valence-electron chi connectivity index (χ3n) is 2.43. The molecule has 0 spiro atoms. The van der Waals surface area contributed by atoms with Crippen LogP contribution in [0.15, 0.2) is 0 Å². The molecule has 0 bridgehead atoms. The van der Waals surface area contributed by atoms with E-state index in [0.717, 1.165) is 0 Å². The summed E-state index contributed by atoms with van der Waals surface area (Å²) in [6, 6.07) is 0. The largest absolute Gasteiger partial charge is 0.481 e. The highest BCUT2D eigenvalue weighted by atomic mass is 16.4. The van der Waals surface area contributed by atoms with Gasteiger partial charge in [-0.3, -0.25) is 9.59 Å². The Morgan fingerprint density at radius 2 is 1.33 bits per heavy atom. The first kappa shape index (κ1) is 13.8. The molecule has 0 unspecified atom stereocenters. The Labute approximate surface area is 84.6 Å². The van der Waals surface area contributed by atoms with Crippen LogP contribution >= 0.6 is 0 Å². The molecule has 0 rings (SSSR count). The molecule has 0 aliphatic carbocycles. The lowest BCUT2D eigenvalue weighted by Crippen LogP contribution is -2.69. The molecule has 1 atom stereocenters. The smallest absolute Gasteiger partial charge is 0.327 e. The Morgan fingerprint density at radius 1 is 0.933 bits per heavy atom. The maximum absolute atomic E-state index is 10.8. The number of nitrogens with two attached hydrogens (primary N) is 1. The summed E-state index contributed by atoms with van der Waals surface area (Å²) >= 11 is 0. The number of hydrogen-bond donors (Lipinski definition) is 6. The molecular weight excluding hydrogens is 210 g/mol. The normalized spacial score (nSPS) is 15.7. The number of aliphatic hydroxyl groups excluding tert-OH is 3. The van der Waals surface area contributed by atoms with Crippen LogP contribution in [-0.4, -0.2) is 62.8 Å². The molecule has 0 radical (unpaired) electrons. The van der Waals surface area contributed by atoms with Crippen LogP contribution in [0.5, 0.6) is 0 Å². The van der Waals surface area contributed by atoms with E-state index >= 15 is 0 Å². The van der Waals surface area contributed by atoms with Gasteiger partial charge in [-0.1, -0.05) is 0 Å². The summed E-state index contributed by atoms with van der Waals surface area (Å²) in [6.07, 6.45) is 0. The highest BCUT2D eigenvalue weighted by Gasteiger charge is 2.59. The van der Waals surface area contributed by atoms with E-state index in [1.807, 2.05) is 0 Å². The number of carboxylic acid groups (broad SMARTS) is 2. The minimum atomic E-state index is -2.65. The molecule has 0 aromatic carbocycles. The van der Waals surface area contributed by atoms with E-state index in [9.17, 15) is 9.59 Å². The van der Waals surface area contributed by atoms with Crippen LogP contribution in [0.25, 0.3) is 0 Å². The summed E-state index contributed by atoms with van der Waals surface area (Å²) in [4.78, 5) is 21.6. The van der Waals surface area contributed by atoms with Crippen molar-refractivity contribution in [1.82, 2.24) is 0 Å². The molecule has 0 fully saturated rings. The lowest BCUT2D eigenvalue weighted by Gasteiger charge is -2.38. The van der Waals surface area contributed by atoms with E-state index in [-0.39, 0.29) is 0 Å². The number of aliphatic carboxylic acids is 2. The fourth-order valence-electron chi connectivity index (χ4n) is 1.08. The van der Waals surface area contributed by atoms with Crippen molar-refractivity contribution in [2.24, 2.45) is 11.1 Å². The van der Waals surface area contributed by atoms with Crippen molar-refractivity contribution in [3.05, 3.63) is 0 Å². The number of aliphatic hydroxyl groups is 3. The van der Waals surface area contributed by atoms with E-state index < -0.39 is 42.7 Å². The molecule has 0 saturated heterocycles. The predicted molar refractivity (Wildman–Crippen MR) is 45.9 cm³/mol. The lowest BCUT2D eigenvalue weighted by molar-refractivity contribution is -0.175. The second-order valence-electron chi connectivity index (χ2n) is 3.14. The van der Waals surface area contributed by atoms with Gasteiger partial charge in [-0.05, 0) is 0 Å². The van der Waals surface area contributed by atoms with Crippen molar-refractivity contribution in [3.8, 4) is 0 Å². The van der Waals surface area contributed by atoms with Gasteiger partial charge in [0.1, 0.15) is 5.41 Å². The fraction of sp³-hybridized carbons (Fsp3) is 0.714. The standard InChI is InChI=1S/C7H13NO7/c8-7(3-11,5(14)15)6(1-9,2-10)4(12)13/h9-11H,1-3,8H2,(H,12,13)(H,14,15)/t7-/m1/s1. The van der Waals surface area contributed by atoms with Crippen LogP contribution in [0.3, 0.4) is 0 Å². The summed E-state index contributed by atoms with van der Waals surface area (Å²) in [5.74, 6) is -3.62. The van der Waals surface area contributed by atoms with Gasteiger partial charge >= 0.3 is 11.9 Å². The zero-order valence-corrected chi connectivity index (χ0v) is 7.75. The molecule has 15 heavy (non-hydrogen) atoms. The summed E-state index contributed by atoms with van der Waals surface area (Å²) in [7, 11) is 0. The van der Waals surface area contributed by atoms with Crippen LogP contribution in [0.4, 0.5) is 0 Å². The minimum absolute atomic E-state index is 1.21. The predicted octanol–water partition coefficient (Wildman–Crippen LogP) is -3.18. The molecule has 7 N–H and O–H groups in total. The number of rotatable bonds is 6. The lowest BCUT2D eigenvalue weighted by atomic mass is 9.71. The second kappa shape index (κ2) is 4.53. The maximum Gasteiger partial charge on any atom is 0.327 e. The fourth-order valence-corrected chi connectivity index (χ4v) is 1.08. The summed E-state index contributed by atoms with van der Waals surface area (Å²) in [6.45, 7) is -3.64. The number of hydrogen-bond acceptors (Lipinski definition) is 6. The Bertz CT molecular complexity index is 262. The van der Waals surface area contributed by atoms with E-state index in [1.54, 1.807) is 0 Å². The Balaban J connectivity index is 5.58. The van der Waals surface area contributed by atoms with Crippen molar-refractivity contribution in [1.29, 1.82) is 0 Å². The molecule has 8 heteroatoms. The molecule has 0 aromatic rings. The second-order valence-corrected chi connectivity index (χ2v) is 3.14. The molecule has 0 heterocycles. The van der Waals surface area contributed by atoms with Gasteiger partial charge in [-0.2, -0.15) is 0 Å². The molecule has 0 saturated carbocycles. The average molecular weight is 223 g/mol.